The Kier molecular flexibility index (Phi) is 9.67. The van der Waals surface area contributed by atoms with Crippen LogP contribution in [0.25, 0.3) is 0 Å². The summed E-state index contributed by atoms with van der Waals surface area (Å²) in [6, 6.07) is 11.7. The first-order valence-electron chi connectivity index (χ1n) is 9.86. The molecule has 1 aliphatic heterocycles. The first-order valence-corrected chi connectivity index (χ1v) is 10.7. The topological polar surface area (TPSA) is 52.6 Å². The van der Waals surface area contributed by atoms with Gasteiger partial charge in [0.2, 0.25) is 0 Å². The summed E-state index contributed by atoms with van der Waals surface area (Å²) >= 11 is 1.81. The molecule has 2 N–H and O–H groups in total. The maximum absolute atomic E-state index is 4.48. The standard InChI is InChI=1S/C21H31N5S.HI/c1-4-19-13-24-20(27-19)10-11-23-21(22-3)25-18-12-16(2)26(15-18)14-17-8-6-5-7-9-17;/h5-9,13,16,18H,4,10-12,14-15H2,1-3H3,(H2,22,23,25);1H. The van der Waals surface area contributed by atoms with Crippen molar-refractivity contribution in [3.05, 3.63) is 52.0 Å². The van der Waals surface area contributed by atoms with Crippen molar-refractivity contribution in [3.63, 3.8) is 0 Å². The molecule has 28 heavy (non-hydrogen) atoms. The van der Waals surface area contributed by atoms with Crippen LogP contribution in [0.1, 0.15) is 35.7 Å². The largest absolute Gasteiger partial charge is 0.356 e. The lowest BCUT2D eigenvalue weighted by Crippen LogP contribution is -2.45. The van der Waals surface area contributed by atoms with Crippen LogP contribution in [0.4, 0.5) is 0 Å². The predicted octanol–water partition coefficient (Wildman–Crippen LogP) is 3.69. The zero-order chi connectivity index (χ0) is 19.1. The van der Waals surface area contributed by atoms with E-state index in [0.29, 0.717) is 12.1 Å². The lowest BCUT2D eigenvalue weighted by atomic mass is 10.2. The highest BCUT2D eigenvalue weighted by Crippen LogP contribution is 2.20. The molecule has 0 radical (unpaired) electrons. The quantitative estimate of drug-likeness (QED) is 0.337. The minimum absolute atomic E-state index is 0. The highest BCUT2D eigenvalue weighted by Gasteiger charge is 2.29. The van der Waals surface area contributed by atoms with E-state index in [2.05, 4.69) is 69.7 Å². The zero-order valence-electron chi connectivity index (χ0n) is 17.0. The number of nitrogens with zero attached hydrogens (tertiary/aromatic N) is 3. The molecule has 0 bridgehead atoms. The molecule has 2 aromatic rings. The molecule has 5 nitrogen and oxygen atoms in total. The van der Waals surface area contributed by atoms with Crippen LogP contribution in [0.5, 0.6) is 0 Å². The lowest BCUT2D eigenvalue weighted by Gasteiger charge is -2.21. The van der Waals surface area contributed by atoms with Gasteiger partial charge in [-0.3, -0.25) is 9.89 Å². The fraction of sp³-hybridized carbons (Fsp3) is 0.524. The van der Waals surface area contributed by atoms with Crippen LogP contribution in [0, 0.1) is 0 Å². The number of likely N-dealkylation sites (tertiary alicyclic amines) is 1. The number of guanidine groups is 1. The molecule has 0 aliphatic carbocycles. The van der Waals surface area contributed by atoms with Gasteiger partial charge < -0.3 is 10.6 Å². The Hall–Kier alpha value is -1.19. The molecule has 1 aliphatic rings. The van der Waals surface area contributed by atoms with Crippen molar-refractivity contribution in [2.75, 3.05) is 20.1 Å². The fourth-order valence-corrected chi connectivity index (χ4v) is 4.41. The number of aromatic nitrogens is 1. The average Bonchev–Trinajstić information content (AvgIpc) is 3.28. The molecule has 0 spiro atoms. The molecule has 7 heteroatoms. The molecule has 1 aromatic carbocycles. The van der Waals surface area contributed by atoms with Crippen molar-refractivity contribution in [2.24, 2.45) is 4.99 Å². The SMILES string of the molecule is CCc1cnc(CCNC(=NC)NC2CC(C)N(Cc3ccccc3)C2)s1.I. The molecule has 154 valence electrons. The summed E-state index contributed by atoms with van der Waals surface area (Å²) < 4.78 is 0. The lowest BCUT2D eigenvalue weighted by molar-refractivity contribution is 0.258. The number of aliphatic imine (C=N–C) groups is 1. The number of nitrogens with one attached hydrogen (secondary N) is 2. The Morgan fingerprint density at radius 2 is 2.11 bits per heavy atom. The summed E-state index contributed by atoms with van der Waals surface area (Å²) in [5.74, 6) is 0.890. The summed E-state index contributed by atoms with van der Waals surface area (Å²) in [7, 11) is 1.84. The Balaban J connectivity index is 0.00000280. The van der Waals surface area contributed by atoms with Crippen molar-refractivity contribution in [3.8, 4) is 0 Å². The molecule has 2 heterocycles. The van der Waals surface area contributed by atoms with Crippen molar-refractivity contribution >= 4 is 41.3 Å². The monoisotopic (exact) mass is 513 g/mol. The van der Waals surface area contributed by atoms with Crippen LogP contribution < -0.4 is 10.6 Å². The Labute approximate surface area is 190 Å². The van der Waals surface area contributed by atoms with E-state index in [1.807, 2.05) is 24.6 Å². The normalized spacial score (nSPS) is 20.0. The van der Waals surface area contributed by atoms with E-state index >= 15 is 0 Å². The molecule has 3 rings (SSSR count). The van der Waals surface area contributed by atoms with Gasteiger partial charge in [-0.15, -0.1) is 35.3 Å². The average molecular weight is 513 g/mol. The zero-order valence-corrected chi connectivity index (χ0v) is 20.2. The van der Waals surface area contributed by atoms with Crippen LogP contribution in [-0.4, -0.2) is 48.1 Å². The minimum Gasteiger partial charge on any atom is -0.356 e. The van der Waals surface area contributed by atoms with Crippen LogP contribution in [0.2, 0.25) is 0 Å². The Morgan fingerprint density at radius 3 is 2.79 bits per heavy atom. The van der Waals surface area contributed by atoms with Gasteiger partial charge in [0.15, 0.2) is 5.96 Å². The maximum atomic E-state index is 4.48. The molecule has 1 aromatic heterocycles. The van der Waals surface area contributed by atoms with E-state index in [1.54, 1.807) is 0 Å². The maximum Gasteiger partial charge on any atom is 0.191 e. The highest BCUT2D eigenvalue weighted by molar-refractivity contribution is 14.0. The van der Waals surface area contributed by atoms with Gasteiger partial charge in [0.05, 0.1) is 5.01 Å². The Bertz CT molecular complexity index is 733. The molecule has 1 fully saturated rings. The molecule has 0 amide bonds. The number of thiazole rings is 1. The van der Waals surface area contributed by atoms with Gasteiger partial charge in [-0.05, 0) is 25.3 Å². The fourth-order valence-electron chi connectivity index (χ4n) is 3.54. The van der Waals surface area contributed by atoms with E-state index in [-0.39, 0.29) is 24.0 Å². The molecule has 2 atom stereocenters. The first-order chi connectivity index (χ1) is 13.2. The smallest absolute Gasteiger partial charge is 0.191 e. The second kappa shape index (κ2) is 11.7. The van der Waals surface area contributed by atoms with Crippen molar-refractivity contribution in [2.45, 2.75) is 51.7 Å². The van der Waals surface area contributed by atoms with Gasteiger partial charge in [0, 0.05) is 56.3 Å². The summed E-state index contributed by atoms with van der Waals surface area (Å²) in [5.41, 5.74) is 1.38. The third kappa shape index (κ3) is 6.70. The third-order valence-electron chi connectivity index (χ3n) is 5.08. The number of aryl methyl sites for hydroxylation is 1. The van der Waals surface area contributed by atoms with E-state index in [9.17, 15) is 0 Å². The molecule has 0 saturated carbocycles. The highest BCUT2D eigenvalue weighted by atomic mass is 127. The summed E-state index contributed by atoms with van der Waals surface area (Å²) in [6.45, 7) is 7.39. The van der Waals surface area contributed by atoms with Gasteiger partial charge in [-0.25, -0.2) is 4.98 Å². The van der Waals surface area contributed by atoms with Crippen LogP contribution >= 0.6 is 35.3 Å². The van der Waals surface area contributed by atoms with Crippen molar-refractivity contribution in [1.29, 1.82) is 0 Å². The molecule has 1 saturated heterocycles. The van der Waals surface area contributed by atoms with E-state index in [0.717, 1.165) is 44.9 Å². The van der Waals surface area contributed by atoms with E-state index in [4.69, 9.17) is 0 Å². The minimum atomic E-state index is 0. The van der Waals surface area contributed by atoms with Crippen molar-refractivity contribution < 1.29 is 0 Å². The summed E-state index contributed by atoms with van der Waals surface area (Å²) in [4.78, 5) is 12.8. The molecular formula is C21H32IN5S. The summed E-state index contributed by atoms with van der Waals surface area (Å²) in [6.07, 6.45) is 5.13. The Morgan fingerprint density at radius 1 is 1.32 bits per heavy atom. The van der Waals surface area contributed by atoms with Gasteiger partial charge in [0.25, 0.3) is 0 Å². The second-order valence-corrected chi connectivity index (χ2v) is 8.36. The molecule has 2 unspecified atom stereocenters. The number of rotatable bonds is 7. The first kappa shape index (κ1) is 23.1. The summed E-state index contributed by atoms with van der Waals surface area (Å²) in [5, 5.41) is 8.23. The van der Waals surface area contributed by atoms with Crippen molar-refractivity contribution in [1.82, 2.24) is 20.5 Å². The predicted molar refractivity (Wildman–Crippen MR) is 130 cm³/mol. The van der Waals surface area contributed by atoms with Gasteiger partial charge in [-0.1, -0.05) is 37.3 Å². The number of hydrogen-bond acceptors (Lipinski definition) is 4. The van der Waals surface area contributed by atoms with Gasteiger partial charge in [0.1, 0.15) is 0 Å². The molecular weight excluding hydrogens is 481 g/mol. The van der Waals surface area contributed by atoms with Crippen LogP contribution in [0.15, 0.2) is 41.5 Å². The third-order valence-corrected chi connectivity index (χ3v) is 6.28. The van der Waals surface area contributed by atoms with Gasteiger partial charge >= 0.3 is 0 Å². The van der Waals surface area contributed by atoms with Crippen LogP contribution in [-0.2, 0) is 19.4 Å². The van der Waals surface area contributed by atoms with E-state index in [1.165, 1.54) is 15.4 Å². The van der Waals surface area contributed by atoms with Gasteiger partial charge in [-0.2, -0.15) is 0 Å². The number of benzene rings is 1. The second-order valence-electron chi connectivity index (χ2n) is 7.16. The van der Waals surface area contributed by atoms with E-state index < -0.39 is 0 Å². The number of halogens is 1. The van der Waals surface area contributed by atoms with Crippen LogP contribution in [0.3, 0.4) is 0 Å². The number of hydrogen-bond donors (Lipinski definition) is 2.